The van der Waals surface area contributed by atoms with Crippen molar-refractivity contribution in [3.63, 3.8) is 0 Å². The normalized spacial score (nSPS) is 18.3. The van der Waals surface area contributed by atoms with Crippen LogP contribution in [0.25, 0.3) is 6.08 Å². The second-order valence-corrected chi connectivity index (χ2v) is 4.59. The summed E-state index contributed by atoms with van der Waals surface area (Å²) >= 11 is 5.96. The van der Waals surface area contributed by atoms with Crippen molar-refractivity contribution in [3.8, 4) is 0 Å². The third-order valence-electron chi connectivity index (χ3n) is 1.83. The SMILES string of the molecule is O=C1NC(=S)SC1=Cc1ccccc1F. The van der Waals surface area contributed by atoms with E-state index in [2.05, 4.69) is 5.32 Å². The van der Waals surface area contributed by atoms with Gasteiger partial charge in [-0.3, -0.25) is 4.79 Å². The minimum atomic E-state index is -0.351. The molecule has 15 heavy (non-hydrogen) atoms. The Morgan fingerprint density at radius 3 is 2.73 bits per heavy atom. The van der Waals surface area contributed by atoms with Crippen LogP contribution in [0, 0.1) is 5.82 Å². The molecule has 1 aromatic rings. The van der Waals surface area contributed by atoms with Gasteiger partial charge in [-0.15, -0.1) is 0 Å². The molecule has 0 aliphatic carbocycles. The average Bonchev–Trinajstić information content (AvgIpc) is 2.49. The molecule has 5 heteroatoms. The molecule has 2 rings (SSSR count). The Kier molecular flexibility index (Phi) is 2.83. The van der Waals surface area contributed by atoms with Crippen LogP contribution < -0.4 is 5.32 Å². The summed E-state index contributed by atoms with van der Waals surface area (Å²) in [7, 11) is 0. The molecule has 1 N–H and O–H groups in total. The molecule has 1 aliphatic rings. The molecule has 0 spiro atoms. The van der Waals surface area contributed by atoms with E-state index in [4.69, 9.17) is 12.2 Å². The molecule has 1 saturated heterocycles. The predicted octanol–water partition coefficient (Wildman–Crippen LogP) is 2.31. The Morgan fingerprint density at radius 1 is 1.40 bits per heavy atom. The van der Waals surface area contributed by atoms with Gasteiger partial charge in [0.1, 0.15) is 10.1 Å². The van der Waals surface area contributed by atoms with Crippen molar-refractivity contribution in [2.75, 3.05) is 0 Å². The predicted molar refractivity (Wildman–Crippen MR) is 62.7 cm³/mol. The fraction of sp³-hybridized carbons (Fsp3) is 0. The minimum absolute atomic E-state index is 0.270. The molecule has 1 aromatic carbocycles. The van der Waals surface area contributed by atoms with Gasteiger partial charge < -0.3 is 5.32 Å². The number of amides is 1. The molecule has 0 aromatic heterocycles. The van der Waals surface area contributed by atoms with E-state index in [9.17, 15) is 9.18 Å². The van der Waals surface area contributed by atoms with Gasteiger partial charge in [-0.05, 0) is 12.1 Å². The third-order valence-corrected chi connectivity index (χ3v) is 3.00. The lowest BCUT2D eigenvalue weighted by Gasteiger charge is -1.96. The van der Waals surface area contributed by atoms with E-state index in [0.717, 1.165) is 11.8 Å². The van der Waals surface area contributed by atoms with Crippen LogP contribution in [0.1, 0.15) is 5.56 Å². The Morgan fingerprint density at radius 2 is 2.13 bits per heavy atom. The maximum atomic E-state index is 13.2. The summed E-state index contributed by atoms with van der Waals surface area (Å²) in [6.07, 6.45) is 1.49. The molecular formula is C10H6FNOS2. The molecule has 0 unspecified atom stereocenters. The third kappa shape index (κ3) is 2.24. The zero-order valence-corrected chi connectivity index (χ0v) is 9.12. The van der Waals surface area contributed by atoms with Gasteiger partial charge in [0.05, 0.1) is 4.91 Å². The first-order valence-electron chi connectivity index (χ1n) is 4.16. The first-order valence-corrected chi connectivity index (χ1v) is 5.38. The quantitative estimate of drug-likeness (QED) is 0.602. The molecule has 0 saturated carbocycles. The van der Waals surface area contributed by atoms with E-state index in [1.54, 1.807) is 18.2 Å². The summed E-state index contributed by atoms with van der Waals surface area (Å²) in [5.41, 5.74) is 0.389. The standard InChI is InChI=1S/C10H6FNOS2/c11-7-4-2-1-3-6(7)5-8-9(13)12-10(14)15-8/h1-5H,(H,12,13,14). The van der Waals surface area contributed by atoms with Crippen LogP contribution in [0.2, 0.25) is 0 Å². The summed E-state index contributed by atoms with van der Waals surface area (Å²) in [5, 5.41) is 2.47. The van der Waals surface area contributed by atoms with E-state index >= 15 is 0 Å². The summed E-state index contributed by atoms with van der Waals surface area (Å²) in [4.78, 5) is 11.7. The molecule has 1 amide bonds. The van der Waals surface area contributed by atoms with Gasteiger partial charge in [0, 0.05) is 5.56 Å². The maximum absolute atomic E-state index is 13.2. The highest BCUT2D eigenvalue weighted by molar-refractivity contribution is 8.26. The van der Waals surface area contributed by atoms with Crippen LogP contribution in [-0.2, 0) is 4.79 Å². The number of carbonyl (C=O) groups is 1. The minimum Gasteiger partial charge on any atom is -0.307 e. The van der Waals surface area contributed by atoms with Crippen molar-refractivity contribution < 1.29 is 9.18 Å². The lowest BCUT2D eigenvalue weighted by Crippen LogP contribution is -2.17. The number of benzene rings is 1. The first kappa shape index (κ1) is 10.3. The lowest BCUT2D eigenvalue weighted by molar-refractivity contribution is -0.115. The smallest absolute Gasteiger partial charge is 0.263 e. The van der Waals surface area contributed by atoms with Crippen LogP contribution in [0.15, 0.2) is 29.2 Å². The van der Waals surface area contributed by atoms with Gasteiger partial charge >= 0.3 is 0 Å². The zero-order chi connectivity index (χ0) is 10.8. The number of hydrogen-bond acceptors (Lipinski definition) is 3. The van der Waals surface area contributed by atoms with Crippen LogP contribution >= 0.6 is 24.0 Å². The number of hydrogen-bond donors (Lipinski definition) is 1. The number of thioether (sulfide) groups is 1. The fourth-order valence-electron chi connectivity index (χ4n) is 1.15. The highest BCUT2D eigenvalue weighted by Gasteiger charge is 2.22. The summed E-state index contributed by atoms with van der Waals surface area (Å²) < 4.78 is 13.7. The van der Waals surface area contributed by atoms with E-state index in [0.29, 0.717) is 14.8 Å². The van der Waals surface area contributed by atoms with Crippen molar-refractivity contribution in [2.45, 2.75) is 0 Å². The van der Waals surface area contributed by atoms with Crippen LogP contribution in [-0.4, -0.2) is 10.2 Å². The van der Waals surface area contributed by atoms with Gasteiger partial charge in [-0.1, -0.05) is 42.2 Å². The first-order chi connectivity index (χ1) is 7.16. The van der Waals surface area contributed by atoms with Crippen LogP contribution in [0.4, 0.5) is 4.39 Å². The van der Waals surface area contributed by atoms with E-state index in [1.807, 2.05) is 0 Å². The Labute approximate surface area is 95.6 Å². The number of thiocarbonyl (C=S) groups is 1. The largest absolute Gasteiger partial charge is 0.307 e. The Balaban J connectivity index is 2.35. The molecule has 1 heterocycles. The molecule has 0 radical (unpaired) electrons. The van der Waals surface area contributed by atoms with Crippen molar-refractivity contribution >= 4 is 40.3 Å². The van der Waals surface area contributed by atoms with Crippen molar-refractivity contribution in [1.82, 2.24) is 5.32 Å². The zero-order valence-electron chi connectivity index (χ0n) is 7.49. The molecule has 76 valence electrons. The van der Waals surface area contributed by atoms with Crippen molar-refractivity contribution in [1.29, 1.82) is 0 Å². The average molecular weight is 239 g/mol. The molecule has 2 nitrogen and oxygen atoms in total. The summed E-state index contributed by atoms with van der Waals surface area (Å²) in [6.45, 7) is 0. The number of nitrogens with one attached hydrogen (secondary N) is 1. The summed E-state index contributed by atoms with van der Waals surface area (Å²) in [5.74, 6) is -0.621. The van der Waals surface area contributed by atoms with Gasteiger partial charge in [0.2, 0.25) is 0 Å². The van der Waals surface area contributed by atoms with E-state index < -0.39 is 0 Å². The monoisotopic (exact) mass is 239 g/mol. The lowest BCUT2D eigenvalue weighted by atomic mass is 10.2. The topological polar surface area (TPSA) is 29.1 Å². The van der Waals surface area contributed by atoms with Crippen molar-refractivity contribution in [3.05, 3.63) is 40.6 Å². The van der Waals surface area contributed by atoms with E-state index in [-0.39, 0.29) is 11.7 Å². The van der Waals surface area contributed by atoms with Gasteiger partial charge in [-0.2, -0.15) is 0 Å². The molecule has 1 aliphatic heterocycles. The second-order valence-electron chi connectivity index (χ2n) is 2.87. The summed E-state index contributed by atoms with van der Waals surface area (Å²) in [6, 6.07) is 6.27. The molecule has 1 fully saturated rings. The molecular weight excluding hydrogens is 233 g/mol. The second kappa shape index (κ2) is 4.12. The fourth-order valence-corrected chi connectivity index (χ4v) is 2.19. The molecule has 0 atom stereocenters. The molecule has 0 bridgehead atoms. The highest BCUT2D eigenvalue weighted by atomic mass is 32.2. The maximum Gasteiger partial charge on any atom is 0.263 e. The van der Waals surface area contributed by atoms with Gasteiger partial charge in [0.25, 0.3) is 5.91 Å². The Bertz CT molecular complexity index is 470. The highest BCUT2D eigenvalue weighted by Crippen LogP contribution is 2.26. The number of rotatable bonds is 1. The van der Waals surface area contributed by atoms with Crippen LogP contribution in [0.5, 0.6) is 0 Å². The van der Waals surface area contributed by atoms with Crippen molar-refractivity contribution in [2.24, 2.45) is 0 Å². The number of halogens is 1. The Hall–Kier alpha value is -1.20. The van der Waals surface area contributed by atoms with Gasteiger partial charge in [-0.25, -0.2) is 4.39 Å². The number of carbonyl (C=O) groups excluding carboxylic acids is 1. The van der Waals surface area contributed by atoms with E-state index in [1.165, 1.54) is 12.1 Å². The van der Waals surface area contributed by atoms with Crippen LogP contribution in [0.3, 0.4) is 0 Å². The van der Waals surface area contributed by atoms with Gasteiger partial charge in [0.15, 0.2) is 0 Å².